The lowest BCUT2D eigenvalue weighted by Crippen LogP contribution is -2.06. The first-order valence-electron chi connectivity index (χ1n) is 5.47. The van der Waals surface area contributed by atoms with Crippen molar-refractivity contribution in [2.75, 3.05) is 0 Å². The molecular formula is C13H14N2O2. The molecule has 0 aliphatic rings. The van der Waals surface area contributed by atoms with Gasteiger partial charge in [-0.15, -0.1) is 0 Å². The minimum atomic E-state index is -0.990. The minimum Gasteiger partial charge on any atom is -0.476 e. The summed E-state index contributed by atoms with van der Waals surface area (Å²) in [6.07, 6.45) is 3.99. The highest BCUT2D eigenvalue weighted by Crippen LogP contribution is 2.14. The Morgan fingerprint density at radius 2 is 2.12 bits per heavy atom. The average molecular weight is 230 g/mol. The number of benzene rings is 1. The number of imidazole rings is 1. The van der Waals surface area contributed by atoms with Gasteiger partial charge >= 0.3 is 5.97 Å². The molecule has 0 unspecified atom stereocenters. The molecule has 0 aliphatic carbocycles. The summed E-state index contributed by atoms with van der Waals surface area (Å²) in [6, 6.07) is 10.3. The quantitative estimate of drug-likeness (QED) is 0.877. The summed E-state index contributed by atoms with van der Waals surface area (Å²) in [5.41, 5.74) is 1.32. The fourth-order valence-corrected chi connectivity index (χ4v) is 1.75. The second-order valence-electron chi connectivity index (χ2n) is 4.05. The maximum atomic E-state index is 10.7. The van der Waals surface area contributed by atoms with Gasteiger partial charge in [-0.25, -0.2) is 9.78 Å². The number of hydrogen-bond donors (Lipinski definition) is 1. The summed E-state index contributed by atoms with van der Waals surface area (Å²) < 4.78 is 1.83. The van der Waals surface area contributed by atoms with Gasteiger partial charge in [-0.3, -0.25) is 0 Å². The maximum Gasteiger partial charge on any atom is 0.356 e. The van der Waals surface area contributed by atoms with Gasteiger partial charge in [0, 0.05) is 12.2 Å². The lowest BCUT2D eigenvalue weighted by molar-refractivity contribution is 0.0691. The first kappa shape index (κ1) is 11.4. The number of aromatic nitrogens is 2. The molecule has 1 N–H and O–H groups in total. The van der Waals surface area contributed by atoms with Gasteiger partial charge in [-0.1, -0.05) is 30.3 Å². The molecule has 1 heterocycles. The molecule has 0 radical (unpaired) electrons. The number of nitrogens with zero attached hydrogens (tertiary/aromatic N) is 2. The highest BCUT2D eigenvalue weighted by atomic mass is 16.4. The van der Waals surface area contributed by atoms with Gasteiger partial charge in [0.1, 0.15) is 0 Å². The van der Waals surface area contributed by atoms with E-state index in [0.29, 0.717) is 0 Å². The lowest BCUT2D eigenvalue weighted by Gasteiger charge is -2.12. The van der Waals surface area contributed by atoms with E-state index < -0.39 is 5.97 Å². The molecule has 17 heavy (non-hydrogen) atoms. The van der Waals surface area contributed by atoms with E-state index in [4.69, 9.17) is 5.11 Å². The van der Waals surface area contributed by atoms with Gasteiger partial charge in [0.2, 0.25) is 0 Å². The van der Waals surface area contributed by atoms with E-state index in [2.05, 4.69) is 17.1 Å². The molecule has 4 heteroatoms. The van der Waals surface area contributed by atoms with Crippen LogP contribution in [0, 0.1) is 0 Å². The van der Waals surface area contributed by atoms with Crippen LogP contribution in [0.2, 0.25) is 0 Å². The van der Waals surface area contributed by atoms with Crippen LogP contribution in [0.25, 0.3) is 0 Å². The zero-order valence-electron chi connectivity index (χ0n) is 9.58. The summed E-state index contributed by atoms with van der Waals surface area (Å²) in [6.45, 7) is 2.04. The van der Waals surface area contributed by atoms with E-state index in [1.165, 1.54) is 5.56 Å². The van der Waals surface area contributed by atoms with Crippen LogP contribution in [0.5, 0.6) is 0 Å². The van der Waals surface area contributed by atoms with Crippen LogP contribution in [0.1, 0.15) is 29.0 Å². The minimum absolute atomic E-state index is 0.0879. The van der Waals surface area contributed by atoms with Gasteiger partial charge in [0.25, 0.3) is 0 Å². The Labute approximate surface area is 99.5 Å². The van der Waals surface area contributed by atoms with E-state index in [9.17, 15) is 4.79 Å². The summed E-state index contributed by atoms with van der Waals surface area (Å²) in [5.74, 6) is -0.990. The van der Waals surface area contributed by atoms with Crippen LogP contribution in [0.15, 0.2) is 42.9 Å². The van der Waals surface area contributed by atoms with Gasteiger partial charge in [0.15, 0.2) is 5.69 Å². The molecule has 0 fully saturated rings. The van der Waals surface area contributed by atoms with Crippen molar-refractivity contribution in [2.45, 2.75) is 19.4 Å². The highest BCUT2D eigenvalue weighted by Gasteiger charge is 2.10. The number of hydrogen-bond acceptors (Lipinski definition) is 2. The fourth-order valence-electron chi connectivity index (χ4n) is 1.75. The highest BCUT2D eigenvalue weighted by molar-refractivity contribution is 5.84. The maximum absolute atomic E-state index is 10.7. The third-order valence-electron chi connectivity index (χ3n) is 2.70. The van der Waals surface area contributed by atoms with Crippen molar-refractivity contribution in [3.63, 3.8) is 0 Å². The van der Waals surface area contributed by atoms with Crippen molar-refractivity contribution in [1.29, 1.82) is 0 Å². The summed E-state index contributed by atoms with van der Waals surface area (Å²) in [4.78, 5) is 14.6. The summed E-state index contributed by atoms with van der Waals surface area (Å²) >= 11 is 0. The zero-order chi connectivity index (χ0) is 12.3. The van der Waals surface area contributed by atoms with Crippen molar-refractivity contribution in [1.82, 2.24) is 9.55 Å². The lowest BCUT2D eigenvalue weighted by atomic mass is 10.1. The Morgan fingerprint density at radius 1 is 1.41 bits per heavy atom. The standard InChI is InChI=1S/C13H14N2O2/c1-10(7-11-5-3-2-4-6-11)15-8-12(13(16)17)14-9-15/h2-6,8-10H,7H2,1H3,(H,16,17)/t10-/m0/s1. The molecular weight excluding hydrogens is 216 g/mol. The second-order valence-corrected chi connectivity index (χ2v) is 4.05. The van der Waals surface area contributed by atoms with Gasteiger partial charge in [-0.2, -0.15) is 0 Å². The van der Waals surface area contributed by atoms with Gasteiger partial charge in [0.05, 0.1) is 6.33 Å². The number of carboxylic acid groups (broad SMARTS) is 1. The van der Waals surface area contributed by atoms with Crippen LogP contribution < -0.4 is 0 Å². The number of rotatable bonds is 4. The van der Waals surface area contributed by atoms with Crippen LogP contribution >= 0.6 is 0 Å². The molecule has 0 saturated carbocycles. The van der Waals surface area contributed by atoms with E-state index in [-0.39, 0.29) is 11.7 Å². The van der Waals surface area contributed by atoms with Gasteiger partial charge in [-0.05, 0) is 18.9 Å². The van der Waals surface area contributed by atoms with Crippen molar-refractivity contribution in [2.24, 2.45) is 0 Å². The number of carboxylic acids is 1. The third-order valence-corrected chi connectivity index (χ3v) is 2.70. The number of carbonyl (C=O) groups is 1. The first-order valence-corrected chi connectivity index (χ1v) is 5.47. The van der Waals surface area contributed by atoms with E-state index in [1.807, 2.05) is 29.7 Å². The SMILES string of the molecule is C[C@@H](Cc1ccccc1)n1cnc(C(=O)O)c1. The third kappa shape index (κ3) is 2.72. The molecule has 0 bridgehead atoms. The molecule has 1 aromatic heterocycles. The number of aromatic carboxylic acids is 1. The largest absolute Gasteiger partial charge is 0.476 e. The van der Waals surface area contributed by atoms with Crippen LogP contribution in [-0.2, 0) is 6.42 Å². The first-order chi connectivity index (χ1) is 8.16. The predicted octanol–water partition coefficient (Wildman–Crippen LogP) is 2.38. The predicted molar refractivity (Wildman–Crippen MR) is 64.0 cm³/mol. The molecule has 0 saturated heterocycles. The molecule has 0 spiro atoms. The summed E-state index contributed by atoms with van der Waals surface area (Å²) in [5, 5.41) is 8.79. The Kier molecular flexibility index (Phi) is 3.23. The van der Waals surface area contributed by atoms with Crippen molar-refractivity contribution < 1.29 is 9.90 Å². The fraction of sp³-hybridized carbons (Fsp3) is 0.231. The average Bonchev–Trinajstić information content (AvgIpc) is 2.79. The van der Waals surface area contributed by atoms with E-state index in [1.54, 1.807) is 12.5 Å². The molecule has 88 valence electrons. The molecule has 1 aromatic carbocycles. The molecule has 0 amide bonds. The smallest absolute Gasteiger partial charge is 0.356 e. The normalized spacial score (nSPS) is 12.3. The van der Waals surface area contributed by atoms with Crippen LogP contribution in [0.4, 0.5) is 0 Å². The summed E-state index contributed by atoms with van der Waals surface area (Å²) in [7, 11) is 0. The van der Waals surface area contributed by atoms with Crippen LogP contribution in [-0.4, -0.2) is 20.6 Å². The molecule has 4 nitrogen and oxygen atoms in total. The Morgan fingerprint density at radius 3 is 2.71 bits per heavy atom. The molecule has 2 rings (SSSR count). The topological polar surface area (TPSA) is 55.1 Å². The Hall–Kier alpha value is -2.10. The van der Waals surface area contributed by atoms with Crippen molar-refractivity contribution in [3.05, 3.63) is 54.1 Å². The molecule has 1 atom stereocenters. The Balaban J connectivity index is 2.09. The van der Waals surface area contributed by atoms with Crippen molar-refractivity contribution >= 4 is 5.97 Å². The zero-order valence-corrected chi connectivity index (χ0v) is 9.58. The van der Waals surface area contributed by atoms with E-state index in [0.717, 1.165) is 6.42 Å². The van der Waals surface area contributed by atoms with Crippen molar-refractivity contribution in [3.8, 4) is 0 Å². The van der Waals surface area contributed by atoms with E-state index >= 15 is 0 Å². The monoisotopic (exact) mass is 230 g/mol. The molecule has 2 aromatic rings. The second kappa shape index (κ2) is 4.82. The van der Waals surface area contributed by atoms with Crippen LogP contribution in [0.3, 0.4) is 0 Å². The Bertz CT molecular complexity index is 505. The molecule has 0 aliphatic heterocycles. The van der Waals surface area contributed by atoms with Gasteiger partial charge < -0.3 is 9.67 Å².